The highest BCUT2D eigenvalue weighted by Crippen LogP contribution is 2.19. The second-order valence-electron chi connectivity index (χ2n) is 5.14. The van der Waals surface area contributed by atoms with Crippen LogP contribution in [0.25, 0.3) is 0 Å². The molecule has 0 atom stereocenters. The van der Waals surface area contributed by atoms with Gasteiger partial charge in [-0.2, -0.15) is 0 Å². The third kappa shape index (κ3) is 3.35. The molecule has 0 saturated heterocycles. The number of fused-ring (bicyclic) bond motifs is 1. The minimum absolute atomic E-state index is 0.0752. The number of unbranched alkanes of at least 4 members (excludes halogenated alkanes) is 4. The molecule has 1 aromatic rings. The summed E-state index contributed by atoms with van der Waals surface area (Å²) in [5, 5.41) is 3.11. The van der Waals surface area contributed by atoms with Gasteiger partial charge >= 0.3 is 0 Å². The molecule has 3 nitrogen and oxygen atoms in total. The van der Waals surface area contributed by atoms with Crippen LogP contribution in [0.4, 0.5) is 0 Å². The van der Waals surface area contributed by atoms with Crippen molar-refractivity contribution < 1.29 is 9.59 Å². The van der Waals surface area contributed by atoms with Crippen LogP contribution in [-0.2, 0) is 0 Å². The minimum Gasteiger partial charge on any atom is -0.382 e. The molecule has 1 aliphatic carbocycles. The zero-order valence-electron chi connectivity index (χ0n) is 11.9. The molecule has 1 aromatic carbocycles. The Morgan fingerprint density at radius 1 is 0.950 bits per heavy atom. The van der Waals surface area contributed by atoms with Crippen LogP contribution in [0, 0.1) is 0 Å². The predicted molar refractivity (Wildman–Crippen MR) is 79.9 cm³/mol. The maximum absolute atomic E-state index is 12.2. The van der Waals surface area contributed by atoms with Crippen molar-refractivity contribution in [3.63, 3.8) is 0 Å². The number of carbonyl (C=O) groups excluding carboxylic acids is 2. The molecule has 106 valence electrons. The molecule has 1 N–H and O–H groups in total. The highest BCUT2D eigenvalue weighted by Gasteiger charge is 2.24. The smallest absolute Gasteiger partial charge is 0.209 e. The number of hydrogen-bond acceptors (Lipinski definition) is 3. The standard InChI is InChI=1S/C17H21NO2/c1-2-3-4-5-8-11-18-15-12-16(19)13-9-6-7-10-14(13)17(15)20/h6-7,9-10,12,18H,2-5,8,11H2,1H3. The summed E-state index contributed by atoms with van der Waals surface area (Å²) in [6, 6.07) is 6.99. The van der Waals surface area contributed by atoms with Crippen molar-refractivity contribution >= 4 is 11.6 Å². The molecule has 0 aliphatic heterocycles. The largest absolute Gasteiger partial charge is 0.382 e. The van der Waals surface area contributed by atoms with E-state index in [-0.39, 0.29) is 11.6 Å². The van der Waals surface area contributed by atoms with Crippen LogP contribution in [0.3, 0.4) is 0 Å². The molecular weight excluding hydrogens is 250 g/mol. The molecule has 0 heterocycles. The average molecular weight is 271 g/mol. The van der Waals surface area contributed by atoms with Gasteiger partial charge < -0.3 is 5.32 Å². The summed E-state index contributed by atoms with van der Waals surface area (Å²) in [6.07, 6.45) is 7.33. The minimum atomic E-state index is -0.0892. The van der Waals surface area contributed by atoms with Crippen LogP contribution < -0.4 is 5.32 Å². The summed E-state index contributed by atoms with van der Waals surface area (Å²) in [4.78, 5) is 24.2. The van der Waals surface area contributed by atoms with E-state index in [1.807, 2.05) is 0 Å². The van der Waals surface area contributed by atoms with Gasteiger partial charge in [0.15, 0.2) is 5.78 Å². The van der Waals surface area contributed by atoms with Gasteiger partial charge in [-0.25, -0.2) is 0 Å². The van der Waals surface area contributed by atoms with Gasteiger partial charge in [0.05, 0.1) is 5.70 Å². The zero-order valence-corrected chi connectivity index (χ0v) is 11.9. The lowest BCUT2D eigenvalue weighted by atomic mass is 9.93. The van der Waals surface area contributed by atoms with Gasteiger partial charge in [-0.15, -0.1) is 0 Å². The molecule has 0 bridgehead atoms. The Hall–Kier alpha value is -1.90. The van der Waals surface area contributed by atoms with Gasteiger partial charge in [-0.1, -0.05) is 56.9 Å². The van der Waals surface area contributed by atoms with Gasteiger partial charge in [0.25, 0.3) is 0 Å². The molecule has 1 aliphatic rings. The second-order valence-corrected chi connectivity index (χ2v) is 5.14. The first-order chi connectivity index (χ1) is 9.74. The SMILES string of the molecule is CCCCCCCNC1=CC(=O)c2ccccc2C1=O. The molecule has 0 fully saturated rings. The van der Waals surface area contributed by atoms with Crippen molar-refractivity contribution in [2.75, 3.05) is 6.54 Å². The maximum Gasteiger partial charge on any atom is 0.209 e. The van der Waals surface area contributed by atoms with E-state index >= 15 is 0 Å². The molecular formula is C17H21NO2. The Bertz CT molecular complexity index is 532. The fraction of sp³-hybridized carbons (Fsp3) is 0.412. The molecule has 0 saturated carbocycles. The van der Waals surface area contributed by atoms with E-state index in [9.17, 15) is 9.59 Å². The van der Waals surface area contributed by atoms with Crippen LogP contribution >= 0.6 is 0 Å². The van der Waals surface area contributed by atoms with E-state index in [0.717, 1.165) is 19.4 Å². The molecule has 3 heteroatoms. The Balaban J connectivity index is 1.91. The van der Waals surface area contributed by atoms with E-state index in [0.29, 0.717) is 16.8 Å². The fourth-order valence-corrected chi connectivity index (χ4v) is 2.40. The summed E-state index contributed by atoms with van der Waals surface area (Å²) < 4.78 is 0. The summed E-state index contributed by atoms with van der Waals surface area (Å²) in [6.45, 7) is 2.93. The van der Waals surface area contributed by atoms with Crippen LogP contribution in [0.2, 0.25) is 0 Å². The lowest BCUT2D eigenvalue weighted by Gasteiger charge is -2.16. The van der Waals surface area contributed by atoms with Crippen molar-refractivity contribution in [3.8, 4) is 0 Å². The van der Waals surface area contributed by atoms with Crippen molar-refractivity contribution in [2.45, 2.75) is 39.0 Å². The number of nitrogens with one attached hydrogen (secondary N) is 1. The van der Waals surface area contributed by atoms with Crippen molar-refractivity contribution in [3.05, 3.63) is 47.2 Å². The number of Topliss-reactive ketones (excluding diaryl/α,β-unsaturated/α-hetero) is 1. The second kappa shape index (κ2) is 7.04. The molecule has 0 unspecified atom stereocenters. The third-order valence-corrected chi connectivity index (χ3v) is 3.55. The van der Waals surface area contributed by atoms with Gasteiger partial charge in [0.1, 0.15) is 0 Å². The molecule has 0 amide bonds. The Morgan fingerprint density at radius 3 is 2.40 bits per heavy atom. The number of benzene rings is 1. The first-order valence-electron chi connectivity index (χ1n) is 7.37. The summed E-state index contributed by atoms with van der Waals surface area (Å²) in [5.41, 5.74) is 1.45. The van der Waals surface area contributed by atoms with Gasteiger partial charge in [-0.3, -0.25) is 9.59 Å². The highest BCUT2D eigenvalue weighted by atomic mass is 16.1. The molecule has 0 radical (unpaired) electrons. The average Bonchev–Trinajstić information content (AvgIpc) is 2.47. The summed E-state index contributed by atoms with van der Waals surface area (Å²) in [5.74, 6) is -0.164. The van der Waals surface area contributed by atoms with Gasteiger partial charge in [-0.05, 0) is 6.42 Å². The van der Waals surface area contributed by atoms with Crippen molar-refractivity contribution in [1.82, 2.24) is 5.32 Å². The van der Waals surface area contributed by atoms with Gasteiger partial charge in [0, 0.05) is 23.7 Å². The Labute approximate surface area is 120 Å². The number of allylic oxidation sites excluding steroid dienone is 2. The molecule has 20 heavy (non-hydrogen) atoms. The Morgan fingerprint density at radius 2 is 1.65 bits per heavy atom. The fourth-order valence-electron chi connectivity index (χ4n) is 2.40. The number of ketones is 2. The molecule has 0 aromatic heterocycles. The van der Waals surface area contributed by atoms with E-state index in [4.69, 9.17) is 0 Å². The normalized spacial score (nSPS) is 13.9. The van der Waals surface area contributed by atoms with Crippen LogP contribution in [0.15, 0.2) is 36.0 Å². The lowest BCUT2D eigenvalue weighted by Crippen LogP contribution is -2.27. The zero-order chi connectivity index (χ0) is 14.4. The predicted octanol–water partition coefficient (Wildman–Crippen LogP) is 3.51. The van der Waals surface area contributed by atoms with Crippen LogP contribution in [0.1, 0.15) is 59.7 Å². The van der Waals surface area contributed by atoms with E-state index in [1.165, 1.54) is 25.3 Å². The van der Waals surface area contributed by atoms with E-state index in [2.05, 4.69) is 12.2 Å². The van der Waals surface area contributed by atoms with Crippen LogP contribution in [0.5, 0.6) is 0 Å². The quantitative estimate of drug-likeness (QED) is 0.772. The lowest BCUT2D eigenvalue weighted by molar-refractivity contribution is 0.0978. The molecule has 0 spiro atoms. The van der Waals surface area contributed by atoms with E-state index in [1.54, 1.807) is 24.3 Å². The van der Waals surface area contributed by atoms with Crippen LogP contribution in [-0.4, -0.2) is 18.1 Å². The first kappa shape index (κ1) is 14.5. The van der Waals surface area contributed by atoms with Crippen molar-refractivity contribution in [1.29, 1.82) is 0 Å². The first-order valence-corrected chi connectivity index (χ1v) is 7.37. The number of carbonyl (C=O) groups is 2. The number of rotatable bonds is 7. The number of hydrogen-bond donors (Lipinski definition) is 1. The third-order valence-electron chi connectivity index (χ3n) is 3.55. The summed E-state index contributed by atoms with van der Waals surface area (Å²) >= 11 is 0. The van der Waals surface area contributed by atoms with Gasteiger partial charge in [0.2, 0.25) is 5.78 Å². The van der Waals surface area contributed by atoms with Crippen molar-refractivity contribution in [2.24, 2.45) is 0 Å². The summed E-state index contributed by atoms with van der Waals surface area (Å²) in [7, 11) is 0. The molecule has 2 rings (SSSR count). The van der Waals surface area contributed by atoms with E-state index < -0.39 is 0 Å². The highest BCUT2D eigenvalue weighted by molar-refractivity contribution is 6.24. The monoisotopic (exact) mass is 271 g/mol. The Kier molecular flexibility index (Phi) is 5.10. The topological polar surface area (TPSA) is 46.2 Å². The maximum atomic E-state index is 12.2.